The number of benzene rings is 2. The normalized spacial score (nSPS) is 15.8. The number of fused-ring (bicyclic) bond motifs is 1. The number of aryl methyl sites for hydroxylation is 2. The van der Waals surface area contributed by atoms with Crippen molar-refractivity contribution in [2.45, 2.75) is 26.3 Å². The molecule has 150 valence electrons. The number of carbonyl (C=O) groups is 1. The van der Waals surface area contributed by atoms with Crippen molar-refractivity contribution < 1.29 is 15.0 Å². The van der Waals surface area contributed by atoms with E-state index in [0.29, 0.717) is 29.9 Å². The molecule has 6 nitrogen and oxygen atoms in total. The third-order valence-corrected chi connectivity index (χ3v) is 5.84. The van der Waals surface area contributed by atoms with Crippen LogP contribution < -0.4 is 0 Å². The van der Waals surface area contributed by atoms with Crippen LogP contribution in [-0.4, -0.2) is 44.4 Å². The molecule has 0 spiro atoms. The predicted octanol–water partition coefficient (Wildman–Crippen LogP) is 4.09. The van der Waals surface area contributed by atoms with Crippen LogP contribution in [0.1, 0.15) is 45.2 Å². The SMILES string of the molecule is Cc1cc(C)c(O)c(-c2n[nH]c3c2C(c2ccc(Br)cc2)N(CCCO)C3=O)c1. The number of phenolic OH excluding ortho intramolecular Hbond substituents is 1. The molecule has 1 unspecified atom stereocenters. The number of halogens is 1. The van der Waals surface area contributed by atoms with Crippen molar-refractivity contribution in [3.63, 3.8) is 0 Å². The van der Waals surface area contributed by atoms with Gasteiger partial charge < -0.3 is 15.1 Å². The molecule has 1 atom stereocenters. The second-order valence-electron chi connectivity index (χ2n) is 7.37. The molecule has 1 aromatic heterocycles. The van der Waals surface area contributed by atoms with Gasteiger partial charge in [0.1, 0.15) is 17.1 Å². The molecular formula is C22H22BrN3O3. The van der Waals surface area contributed by atoms with E-state index in [1.807, 2.05) is 50.2 Å². The highest BCUT2D eigenvalue weighted by atomic mass is 79.9. The van der Waals surface area contributed by atoms with Crippen molar-refractivity contribution in [3.8, 4) is 17.0 Å². The van der Waals surface area contributed by atoms with Gasteiger partial charge in [0.25, 0.3) is 5.91 Å². The molecule has 7 heteroatoms. The van der Waals surface area contributed by atoms with Gasteiger partial charge in [-0.2, -0.15) is 5.10 Å². The first-order chi connectivity index (χ1) is 13.9. The van der Waals surface area contributed by atoms with Gasteiger partial charge in [0.15, 0.2) is 0 Å². The molecule has 3 N–H and O–H groups in total. The Labute approximate surface area is 177 Å². The topological polar surface area (TPSA) is 89.5 Å². The summed E-state index contributed by atoms with van der Waals surface area (Å²) in [6.45, 7) is 4.25. The fourth-order valence-electron chi connectivity index (χ4n) is 4.01. The van der Waals surface area contributed by atoms with Gasteiger partial charge in [0, 0.05) is 28.8 Å². The van der Waals surface area contributed by atoms with Crippen molar-refractivity contribution in [1.82, 2.24) is 15.1 Å². The monoisotopic (exact) mass is 455 g/mol. The zero-order valence-corrected chi connectivity index (χ0v) is 17.8. The number of nitrogens with zero attached hydrogens (tertiary/aromatic N) is 2. The van der Waals surface area contributed by atoms with E-state index in [1.165, 1.54) is 0 Å². The highest BCUT2D eigenvalue weighted by Crippen LogP contribution is 2.45. The van der Waals surface area contributed by atoms with Crippen molar-refractivity contribution in [1.29, 1.82) is 0 Å². The molecule has 0 aliphatic carbocycles. The molecule has 3 aromatic rings. The largest absolute Gasteiger partial charge is 0.507 e. The highest BCUT2D eigenvalue weighted by molar-refractivity contribution is 9.10. The molecule has 0 saturated carbocycles. The first-order valence-corrected chi connectivity index (χ1v) is 10.3. The average Bonchev–Trinajstić information content (AvgIpc) is 3.23. The highest BCUT2D eigenvalue weighted by Gasteiger charge is 2.42. The summed E-state index contributed by atoms with van der Waals surface area (Å²) in [6.07, 6.45) is 0.487. The number of aromatic amines is 1. The molecule has 1 aliphatic rings. The van der Waals surface area contributed by atoms with E-state index in [0.717, 1.165) is 26.7 Å². The van der Waals surface area contributed by atoms with Crippen LogP contribution in [0.3, 0.4) is 0 Å². The Morgan fingerprint density at radius 2 is 1.93 bits per heavy atom. The van der Waals surface area contributed by atoms with Crippen LogP contribution in [0.15, 0.2) is 40.9 Å². The van der Waals surface area contributed by atoms with Crippen LogP contribution in [-0.2, 0) is 0 Å². The summed E-state index contributed by atoms with van der Waals surface area (Å²) in [5, 5.41) is 27.3. The maximum absolute atomic E-state index is 13.1. The molecule has 1 aliphatic heterocycles. The second-order valence-corrected chi connectivity index (χ2v) is 8.28. The summed E-state index contributed by atoms with van der Waals surface area (Å²) in [5.74, 6) is 0.0182. The lowest BCUT2D eigenvalue weighted by atomic mass is 9.94. The molecule has 0 fully saturated rings. The van der Waals surface area contributed by atoms with Crippen molar-refractivity contribution in [2.24, 2.45) is 0 Å². The van der Waals surface area contributed by atoms with Gasteiger partial charge >= 0.3 is 0 Å². The van der Waals surface area contributed by atoms with E-state index < -0.39 is 0 Å². The van der Waals surface area contributed by atoms with Crippen LogP contribution in [0.2, 0.25) is 0 Å². The maximum atomic E-state index is 13.1. The molecule has 1 amide bonds. The van der Waals surface area contributed by atoms with Crippen molar-refractivity contribution in [2.75, 3.05) is 13.2 Å². The molecule has 29 heavy (non-hydrogen) atoms. The van der Waals surface area contributed by atoms with E-state index in [1.54, 1.807) is 4.90 Å². The van der Waals surface area contributed by atoms with Gasteiger partial charge in [-0.3, -0.25) is 9.89 Å². The smallest absolute Gasteiger partial charge is 0.273 e. The number of H-pyrrole nitrogens is 1. The van der Waals surface area contributed by atoms with Crippen LogP contribution >= 0.6 is 15.9 Å². The minimum atomic E-state index is -0.342. The predicted molar refractivity (Wildman–Crippen MR) is 114 cm³/mol. The number of carbonyl (C=O) groups excluding carboxylic acids is 1. The van der Waals surface area contributed by atoms with Crippen molar-refractivity contribution >= 4 is 21.8 Å². The van der Waals surface area contributed by atoms with Gasteiger partial charge in [-0.25, -0.2) is 0 Å². The molecule has 2 aromatic carbocycles. The average molecular weight is 456 g/mol. The van der Waals surface area contributed by atoms with Crippen molar-refractivity contribution in [3.05, 3.63) is 68.8 Å². The third kappa shape index (κ3) is 3.34. The number of aromatic nitrogens is 2. The number of phenols is 1. The van der Waals surface area contributed by atoms with E-state index in [-0.39, 0.29) is 24.3 Å². The van der Waals surface area contributed by atoms with Crippen LogP contribution in [0.5, 0.6) is 5.75 Å². The first kappa shape index (κ1) is 19.7. The molecule has 0 saturated heterocycles. The number of rotatable bonds is 5. The minimum absolute atomic E-state index is 0.00768. The van der Waals surface area contributed by atoms with Gasteiger partial charge in [0.05, 0.1) is 6.04 Å². The lowest BCUT2D eigenvalue weighted by Gasteiger charge is -2.26. The fraction of sp³-hybridized carbons (Fsp3) is 0.273. The second kappa shape index (κ2) is 7.65. The maximum Gasteiger partial charge on any atom is 0.273 e. The first-order valence-electron chi connectivity index (χ1n) is 9.48. The number of aliphatic hydroxyl groups is 1. The Balaban J connectivity index is 1.91. The number of aromatic hydroxyl groups is 1. The molecule has 0 bridgehead atoms. The zero-order valence-electron chi connectivity index (χ0n) is 16.2. The van der Waals surface area contributed by atoms with Gasteiger partial charge in [-0.1, -0.05) is 34.1 Å². The van der Waals surface area contributed by atoms with E-state index >= 15 is 0 Å². The van der Waals surface area contributed by atoms with Gasteiger partial charge in [-0.05, 0) is 55.2 Å². The summed E-state index contributed by atoms with van der Waals surface area (Å²) in [5.41, 5.74) is 5.10. The summed E-state index contributed by atoms with van der Waals surface area (Å²) in [6, 6.07) is 11.3. The number of hydrogen-bond donors (Lipinski definition) is 3. The molecular weight excluding hydrogens is 434 g/mol. The number of hydrogen-bond acceptors (Lipinski definition) is 4. The Bertz CT molecular complexity index is 1080. The minimum Gasteiger partial charge on any atom is -0.507 e. The molecule has 0 radical (unpaired) electrons. The van der Waals surface area contributed by atoms with E-state index in [4.69, 9.17) is 0 Å². The van der Waals surface area contributed by atoms with Crippen LogP contribution in [0.25, 0.3) is 11.3 Å². The van der Waals surface area contributed by atoms with Gasteiger partial charge in [-0.15, -0.1) is 0 Å². The zero-order chi connectivity index (χ0) is 20.7. The number of nitrogens with one attached hydrogen (secondary N) is 1. The summed E-state index contributed by atoms with van der Waals surface area (Å²) in [4.78, 5) is 14.9. The standard InChI is InChI=1S/C22H22BrN3O3/c1-12-10-13(2)21(28)16(11-12)18-17-19(25-24-18)22(29)26(8-3-9-27)20(17)14-4-6-15(23)7-5-14/h4-7,10-11,20,27-28H,3,8-9H2,1-2H3,(H,24,25). The van der Waals surface area contributed by atoms with Crippen LogP contribution in [0, 0.1) is 13.8 Å². The summed E-state index contributed by atoms with van der Waals surface area (Å²) < 4.78 is 0.951. The quantitative estimate of drug-likeness (QED) is 0.540. The number of amides is 1. The third-order valence-electron chi connectivity index (χ3n) is 5.31. The Morgan fingerprint density at radius 3 is 2.62 bits per heavy atom. The molecule has 4 rings (SSSR count). The summed E-state index contributed by atoms with van der Waals surface area (Å²) in [7, 11) is 0. The van der Waals surface area contributed by atoms with Crippen LogP contribution in [0.4, 0.5) is 0 Å². The fourth-order valence-corrected chi connectivity index (χ4v) is 4.27. The number of aliphatic hydroxyl groups excluding tert-OH is 1. The molecule has 2 heterocycles. The summed E-state index contributed by atoms with van der Waals surface area (Å²) >= 11 is 3.46. The lowest BCUT2D eigenvalue weighted by Crippen LogP contribution is -2.31. The Kier molecular flexibility index (Phi) is 5.19. The van der Waals surface area contributed by atoms with E-state index in [2.05, 4.69) is 26.1 Å². The Hall–Kier alpha value is -2.64. The Morgan fingerprint density at radius 1 is 1.21 bits per heavy atom. The lowest BCUT2D eigenvalue weighted by molar-refractivity contribution is 0.0732. The van der Waals surface area contributed by atoms with Gasteiger partial charge in [0.2, 0.25) is 0 Å². The van der Waals surface area contributed by atoms with E-state index in [9.17, 15) is 15.0 Å².